The molecular formula is C15H17F3N2O4. The number of carbonyl (C=O) groups excluding carboxylic acids is 1. The summed E-state index contributed by atoms with van der Waals surface area (Å²) >= 11 is 0. The highest BCUT2D eigenvalue weighted by molar-refractivity contribution is 5.99. The summed E-state index contributed by atoms with van der Waals surface area (Å²) in [6, 6.07) is 3.38. The van der Waals surface area contributed by atoms with Gasteiger partial charge in [-0.15, -0.1) is 0 Å². The van der Waals surface area contributed by atoms with Gasteiger partial charge < -0.3 is 10.1 Å². The van der Waals surface area contributed by atoms with Gasteiger partial charge in [-0.25, -0.2) is 0 Å². The zero-order chi connectivity index (χ0) is 18.0. The molecule has 0 unspecified atom stereocenters. The Bertz CT molecular complexity index is 640. The molecule has 0 atom stereocenters. The summed E-state index contributed by atoms with van der Waals surface area (Å²) in [6.07, 6.45) is -3.77. The number of halogens is 3. The second-order valence-corrected chi connectivity index (χ2v) is 5.73. The highest BCUT2D eigenvalue weighted by Gasteiger charge is 2.55. The number of carbonyl (C=O) groups is 1. The van der Waals surface area contributed by atoms with Crippen molar-refractivity contribution >= 4 is 11.6 Å². The van der Waals surface area contributed by atoms with E-state index in [9.17, 15) is 28.1 Å². The first kappa shape index (κ1) is 18.0. The summed E-state index contributed by atoms with van der Waals surface area (Å²) in [6.45, 7) is 0. The van der Waals surface area contributed by atoms with Crippen LogP contribution in [-0.4, -0.2) is 29.7 Å². The Morgan fingerprint density at radius 3 is 2.42 bits per heavy atom. The van der Waals surface area contributed by atoms with Gasteiger partial charge in [-0.1, -0.05) is 19.3 Å². The molecule has 24 heavy (non-hydrogen) atoms. The van der Waals surface area contributed by atoms with Crippen molar-refractivity contribution in [2.24, 2.45) is 0 Å². The lowest BCUT2D eigenvalue weighted by molar-refractivity contribution is -0.385. The van der Waals surface area contributed by atoms with E-state index in [1.54, 1.807) is 0 Å². The van der Waals surface area contributed by atoms with E-state index < -0.39 is 33.8 Å². The number of methoxy groups -OCH3 is 1. The summed E-state index contributed by atoms with van der Waals surface area (Å²) in [5, 5.41) is 13.1. The average Bonchev–Trinajstić information content (AvgIpc) is 2.54. The monoisotopic (exact) mass is 346 g/mol. The Kier molecular flexibility index (Phi) is 5.00. The average molecular weight is 346 g/mol. The third-order valence-electron chi connectivity index (χ3n) is 4.25. The van der Waals surface area contributed by atoms with E-state index in [0.717, 1.165) is 12.1 Å². The Hall–Kier alpha value is -2.32. The fourth-order valence-corrected chi connectivity index (χ4v) is 2.90. The normalized spacial score (nSPS) is 17.2. The number of alkyl halides is 3. The van der Waals surface area contributed by atoms with E-state index in [1.165, 1.54) is 13.2 Å². The van der Waals surface area contributed by atoms with Crippen molar-refractivity contribution in [2.75, 3.05) is 7.11 Å². The van der Waals surface area contributed by atoms with E-state index in [4.69, 9.17) is 4.74 Å². The van der Waals surface area contributed by atoms with Gasteiger partial charge in [0.2, 0.25) is 0 Å². The molecule has 0 bridgehead atoms. The van der Waals surface area contributed by atoms with Crippen LogP contribution in [-0.2, 0) is 0 Å². The first-order chi connectivity index (χ1) is 11.2. The third-order valence-corrected chi connectivity index (χ3v) is 4.25. The van der Waals surface area contributed by atoms with Crippen molar-refractivity contribution in [3.63, 3.8) is 0 Å². The molecule has 0 spiro atoms. The smallest absolute Gasteiger partial charge is 0.411 e. The van der Waals surface area contributed by atoms with Crippen molar-refractivity contribution in [1.29, 1.82) is 0 Å². The fourth-order valence-electron chi connectivity index (χ4n) is 2.90. The summed E-state index contributed by atoms with van der Waals surface area (Å²) in [5.74, 6) is -0.977. The molecule has 0 radical (unpaired) electrons. The number of hydrogen-bond donors (Lipinski definition) is 1. The van der Waals surface area contributed by atoms with Gasteiger partial charge in [0, 0.05) is 6.07 Å². The van der Waals surface area contributed by atoms with Crippen molar-refractivity contribution in [2.45, 2.75) is 43.8 Å². The molecule has 1 aromatic carbocycles. The van der Waals surface area contributed by atoms with Gasteiger partial charge in [0.15, 0.2) is 0 Å². The number of nitrogens with one attached hydrogen (secondary N) is 1. The van der Waals surface area contributed by atoms with Crippen LogP contribution in [0.4, 0.5) is 18.9 Å². The Balaban J connectivity index is 2.38. The molecule has 0 saturated heterocycles. The molecule has 1 aliphatic rings. The molecular weight excluding hydrogens is 329 g/mol. The molecule has 1 N–H and O–H groups in total. The van der Waals surface area contributed by atoms with Gasteiger partial charge in [-0.05, 0) is 25.0 Å². The Labute approximate surface area is 136 Å². The van der Waals surface area contributed by atoms with Gasteiger partial charge in [-0.2, -0.15) is 13.2 Å². The summed E-state index contributed by atoms with van der Waals surface area (Å²) in [5.41, 5.74) is -3.37. The quantitative estimate of drug-likeness (QED) is 0.667. The standard InChI is InChI=1S/C15H17F3N2O4/c1-24-10-5-6-12(20(22)23)11(9-10)13(21)19-14(15(16,17)18)7-3-2-4-8-14/h5-6,9H,2-4,7-8H2,1H3,(H,19,21). The van der Waals surface area contributed by atoms with E-state index >= 15 is 0 Å². The zero-order valence-corrected chi connectivity index (χ0v) is 13.0. The van der Waals surface area contributed by atoms with Crippen LogP contribution in [0.3, 0.4) is 0 Å². The number of benzene rings is 1. The molecule has 1 amide bonds. The minimum atomic E-state index is -4.63. The molecule has 2 rings (SSSR count). The molecule has 1 saturated carbocycles. The molecule has 9 heteroatoms. The number of ether oxygens (including phenoxy) is 1. The first-order valence-electron chi connectivity index (χ1n) is 7.42. The maximum atomic E-state index is 13.5. The predicted octanol–water partition coefficient (Wildman–Crippen LogP) is 3.60. The Morgan fingerprint density at radius 2 is 1.92 bits per heavy atom. The number of rotatable bonds is 4. The van der Waals surface area contributed by atoms with Gasteiger partial charge in [-0.3, -0.25) is 14.9 Å². The minimum Gasteiger partial charge on any atom is -0.497 e. The maximum Gasteiger partial charge on any atom is 0.411 e. The molecule has 1 aromatic rings. The molecule has 0 aromatic heterocycles. The van der Waals surface area contributed by atoms with Crippen molar-refractivity contribution in [1.82, 2.24) is 5.32 Å². The zero-order valence-electron chi connectivity index (χ0n) is 13.0. The summed E-state index contributed by atoms with van der Waals surface area (Å²) in [7, 11) is 1.29. The summed E-state index contributed by atoms with van der Waals surface area (Å²) in [4.78, 5) is 22.6. The molecule has 1 aliphatic carbocycles. The molecule has 1 fully saturated rings. The second-order valence-electron chi connectivity index (χ2n) is 5.73. The number of hydrogen-bond acceptors (Lipinski definition) is 4. The highest BCUT2D eigenvalue weighted by Crippen LogP contribution is 2.42. The fraction of sp³-hybridized carbons (Fsp3) is 0.533. The number of nitrogens with zero attached hydrogens (tertiary/aromatic N) is 1. The molecule has 6 nitrogen and oxygen atoms in total. The molecule has 132 valence electrons. The van der Waals surface area contributed by atoms with Crippen LogP contribution in [0.5, 0.6) is 5.75 Å². The van der Waals surface area contributed by atoms with Crippen LogP contribution < -0.4 is 10.1 Å². The number of nitro groups is 1. The lowest BCUT2D eigenvalue weighted by atomic mass is 9.80. The van der Waals surface area contributed by atoms with Crippen LogP contribution in [0.25, 0.3) is 0 Å². The predicted molar refractivity (Wildman–Crippen MR) is 79.0 cm³/mol. The van der Waals surface area contributed by atoms with Crippen LogP contribution in [0.1, 0.15) is 42.5 Å². The van der Waals surface area contributed by atoms with E-state index in [2.05, 4.69) is 0 Å². The molecule has 0 aliphatic heterocycles. The van der Waals surface area contributed by atoms with Gasteiger partial charge in [0.25, 0.3) is 11.6 Å². The lowest BCUT2D eigenvalue weighted by Gasteiger charge is -2.39. The first-order valence-corrected chi connectivity index (χ1v) is 7.42. The van der Waals surface area contributed by atoms with E-state index in [-0.39, 0.29) is 18.6 Å². The van der Waals surface area contributed by atoms with Crippen LogP contribution in [0.15, 0.2) is 18.2 Å². The maximum absolute atomic E-state index is 13.5. The topological polar surface area (TPSA) is 81.5 Å². The Morgan fingerprint density at radius 1 is 1.29 bits per heavy atom. The van der Waals surface area contributed by atoms with Crippen LogP contribution >= 0.6 is 0 Å². The third kappa shape index (κ3) is 3.44. The number of nitro benzene ring substituents is 1. The minimum absolute atomic E-state index is 0.149. The number of amides is 1. The summed E-state index contributed by atoms with van der Waals surface area (Å²) < 4.78 is 45.4. The van der Waals surface area contributed by atoms with Gasteiger partial charge >= 0.3 is 6.18 Å². The molecule has 0 heterocycles. The highest BCUT2D eigenvalue weighted by atomic mass is 19.4. The van der Waals surface area contributed by atoms with Gasteiger partial charge in [0.1, 0.15) is 16.9 Å². The van der Waals surface area contributed by atoms with Crippen molar-refractivity contribution in [3.05, 3.63) is 33.9 Å². The van der Waals surface area contributed by atoms with Crippen LogP contribution in [0, 0.1) is 10.1 Å². The van der Waals surface area contributed by atoms with Gasteiger partial charge in [0.05, 0.1) is 12.0 Å². The van der Waals surface area contributed by atoms with E-state index in [0.29, 0.717) is 19.3 Å². The van der Waals surface area contributed by atoms with Crippen molar-refractivity contribution < 1.29 is 27.6 Å². The van der Waals surface area contributed by atoms with Crippen molar-refractivity contribution in [3.8, 4) is 5.75 Å². The SMILES string of the molecule is COc1ccc([N+](=O)[O-])c(C(=O)NC2(C(F)(F)F)CCCCC2)c1. The largest absolute Gasteiger partial charge is 0.497 e. The van der Waals surface area contributed by atoms with E-state index in [1.807, 2.05) is 5.32 Å². The van der Waals surface area contributed by atoms with Crippen LogP contribution in [0.2, 0.25) is 0 Å². The lowest BCUT2D eigenvalue weighted by Crippen LogP contribution is -2.59. The second kappa shape index (κ2) is 6.66.